The lowest BCUT2D eigenvalue weighted by Gasteiger charge is -2.29. The molecule has 10 heteroatoms. The molecule has 0 fully saturated rings. The van der Waals surface area contributed by atoms with Gasteiger partial charge in [-0.25, -0.2) is 4.99 Å². The number of rotatable bonds is 3. The van der Waals surface area contributed by atoms with Gasteiger partial charge in [-0.3, -0.25) is 14.6 Å². The van der Waals surface area contributed by atoms with E-state index in [2.05, 4.69) is 15.3 Å². The molecule has 0 aliphatic carbocycles. The van der Waals surface area contributed by atoms with Crippen LogP contribution in [0.3, 0.4) is 0 Å². The first-order valence-electron chi connectivity index (χ1n) is 8.76. The summed E-state index contributed by atoms with van der Waals surface area (Å²) in [4.78, 5) is 31.9. The number of dihydropyridines is 1. The second kappa shape index (κ2) is 7.29. The van der Waals surface area contributed by atoms with Crippen LogP contribution in [-0.2, 0) is 9.59 Å². The molecule has 2 aliphatic heterocycles. The largest absolute Gasteiger partial charge is 0.497 e. The first kappa shape index (κ1) is 19.6. The van der Waals surface area contributed by atoms with E-state index in [1.54, 1.807) is 24.3 Å². The number of ether oxygens (including phenoxy) is 2. The summed E-state index contributed by atoms with van der Waals surface area (Å²) in [5.74, 6) is -2.08. The molecule has 2 amide bonds. The van der Waals surface area contributed by atoms with Crippen molar-refractivity contribution in [3.63, 3.8) is 0 Å². The standard InChI is InChI=1S/C20H14F3N3O4/c1-29-10-2-4-14-13(8-10)17(11-6-7-24-9-15(11)30-14)26-19(28)12-3-5-16(20(21,22)23)25-18(12)27/h2-9,12,17H,1H3,(H,26,28). The number of nitrogens with zero attached hydrogens (tertiary/aromatic N) is 2. The van der Waals surface area contributed by atoms with Crippen molar-refractivity contribution >= 4 is 17.5 Å². The fraction of sp³-hybridized carbons (Fsp3) is 0.200. The maximum atomic E-state index is 12.8. The number of aromatic nitrogens is 1. The number of nitrogens with one attached hydrogen (secondary N) is 1. The van der Waals surface area contributed by atoms with Crippen molar-refractivity contribution in [2.75, 3.05) is 7.11 Å². The number of hydrogen-bond donors (Lipinski definition) is 1. The molecule has 0 radical (unpaired) electrons. The Morgan fingerprint density at radius 2 is 2.00 bits per heavy atom. The Morgan fingerprint density at radius 3 is 2.70 bits per heavy atom. The summed E-state index contributed by atoms with van der Waals surface area (Å²) in [6, 6.07) is 5.92. The van der Waals surface area contributed by atoms with Crippen molar-refractivity contribution in [2.24, 2.45) is 10.9 Å². The molecule has 1 aromatic carbocycles. The summed E-state index contributed by atoms with van der Waals surface area (Å²) in [5, 5.41) is 2.71. The molecule has 0 bridgehead atoms. The number of carbonyl (C=O) groups excluding carboxylic acids is 2. The van der Waals surface area contributed by atoms with E-state index in [-0.39, 0.29) is 0 Å². The topological polar surface area (TPSA) is 89.9 Å². The van der Waals surface area contributed by atoms with Crippen LogP contribution in [0.2, 0.25) is 0 Å². The van der Waals surface area contributed by atoms with Gasteiger partial charge in [0.15, 0.2) is 5.75 Å². The zero-order chi connectivity index (χ0) is 21.5. The molecular formula is C20H14F3N3O4. The van der Waals surface area contributed by atoms with Crippen LogP contribution in [0, 0.1) is 5.92 Å². The summed E-state index contributed by atoms with van der Waals surface area (Å²) in [5.41, 5.74) is -0.201. The molecule has 1 aromatic heterocycles. The molecule has 1 N–H and O–H groups in total. The fourth-order valence-corrected chi connectivity index (χ4v) is 3.21. The molecule has 30 heavy (non-hydrogen) atoms. The number of carbonyl (C=O) groups is 2. The first-order valence-corrected chi connectivity index (χ1v) is 8.76. The van der Waals surface area contributed by atoms with Gasteiger partial charge in [0.25, 0.3) is 5.91 Å². The van der Waals surface area contributed by atoms with Gasteiger partial charge < -0.3 is 14.8 Å². The Labute approximate surface area is 168 Å². The maximum Gasteiger partial charge on any atom is 0.433 e. The Bertz CT molecular complexity index is 1090. The number of alkyl halides is 3. The lowest BCUT2D eigenvalue weighted by atomic mass is 9.94. The number of amides is 2. The van der Waals surface area contributed by atoms with Gasteiger partial charge in [-0.2, -0.15) is 13.2 Å². The highest BCUT2D eigenvalue weighted by Gasteiger charge is 2.39. The van der Waals surface area contributed by atoms with E-state index >= 15 is 0 Å². The Hall–Kier alpha value is -3.69. The predicted molar refractivity (Wildman–Crippen MR) is 98.4 cm³/mol. The zero-order valence-corrected chi connectivity index (χ0v) is 15.4. The van der Waals surface area contributed by atoms with Crippen LogP contribution < -0.4 is 14.8 Å². The van der Waals surface area contributed by atoms with Crippen LogP contribution in [0.4, 0.5) is 13.2 Å². The van der Waals surface area contributed by atoms with Crippen LogP contribution in [0.1, 0.15) is 17.2 Å². The third kappa shape index (κ3) is 3.51. The van der Waals surface area contributed by atoms with Crippen LogP contribution in [0.15, 0.2) is 53.8 Å². The van der Waals surface area contributed by atoms with Crippen molar-refractivity contribution in [3.8, 4) is 17.2 Å². The van der Waals surface area contributed by atoms with Crippen LogP contribution in [-0.4, -0.2) is 35.8 Å². The lowest BCUT2D eigenvalue weighted by Crippen LogP contribution is -2.39. The van der Waals surface area contributed by atoms with Crippen LogP contribution >= 0.6 is 0 Å². The van der Waals surface area contributed by atoms with Crippen molar-refractivity contribution in [3.05, 3.63) is 59.9 Å². The number of benzene rings is 1. The van der Waals surface area contributed by atoms with Gasteiger partial charge in [0.2, 0.25) is 5.91 Å². The average molecular weight is 417 g/mol. The average Bonchev–Trinajstić information content (AvgIpc) is 2.72. The first-order chi connectivity index (χ1) is 14.3. The number of halogens is 3. The van der Waals surface area contributed by atoms with E-state index in [1.807, 2.05) is 0 Å². The van der Waals surface area contributed by atoms with E-state index < -0.39 is 35.7 Å². The van der Waals surface area contributed by atoms with Gasteiger partial charge in [-0.15, -0.1) is 0 Å². The molecule has 2 unspecified atom stereocenters. The molecular weight excluding hydrogens is 403 g/mol. The van der Waals surface area contributed by atoms with E-state index in [0.717, 1.165) is 6.08 Å². The van der Waals surface area contributed by atoms with Crippen molar-refractivity contribution in [2.45, 2.75) is 12.2 Å². The fourth-order valence-electron chi connectivity index (χ4n) is 3.21. The Morgan fingerprint density at radius 1 is 1.20 bits per heavy atom. The van der Waals surface area contributed by atoms with Gasteiger partial charge >= 0.3 is 6.18 Å². The molecule has 2 atom stereocenters. The minimum Gasteiger partial charge on any atom is -0.497 e. The van der Waals surface area contributed by atoms with Crippen molar-refractivity contribution in [1.82, 2.24) is 10.3 Å². The second-order valence-electron chi connectivity index (χ2n) is 6.53. The number of allylic oxidation sites excluding steroid dienone is 1. The zero-order valence-electron chi connectivity index (χ0n) is 15.4. The van der Waals surface area contributed by atoms with E-state index in [9.17, 15) is 22.8 Å². The molecule has 4 rings (SSSR count). The summed E-state index contributed by atoms with van der Waals surface area (Å²) < 4.78 is 49.3. The van der Waals surface area contributed by atoms with Crippen LogP contribution in [0.5, 0.6) is 17.2 Å². The van der Waals surface area contributed by atoms with Crippen molar-refractivity contribution < 1.29 is 32.2 Å². The Kier molecular flexibility index (Phi) is 4.76. The molecule has 2 aliphatic rings. The van der Waals surface area contributed by atoms with Crippen LogP contribution in [0.25, 0.3) is 0 Å². The van der Waals surface area contributed by atoms with Gasteiger partial charge in [0, 0.05) is 17.3 Å². The minimum absolute atomic E-state index is 0.406. The molecule has 0 saturated carbocycles. The monoisotopic (exact) mass is 417 g/mol. The SMILES string of the molecule is COc1ccc2c(c1)C(NC(=O)C1C=CC(C(F)(F)F)=NC1=O)c1ccncc1O2. The maximum absolute atomic E-state index is 12.8. The van der Waals surface area contributed by atoms with Gasteiger partial charge in [0.05, 0.1) is 19.3 Å². The smallest absolute Gasteiger partial charge is 0.433 e. The quantitative estimate of drug-likeness (QED) is 0.776. The van der Waals surface area contributed by atoms with Gasteiger partial charge in [0.1, 0.15) is 23.1 Å². The Balaban J connectivity index is 1.65. The molecule has 2 aromatic rings. The number of fused-ring (bicyclic) bond motifs is 2. The van der Waals surface area contributed by atoms with E-state index in [4.69, 9.17) is 9.47 Å². The normalized spacial score (nSPS) is 19.9. The molecule has 3 heterocycles. The summed E-state index contributed by atoms with van der Waals surface area (Å²) >= 11 is 0. The summed E-state index contributed by atoms with van der Waals surface area (Å²) in [6.45, 7) is 0. The molecule has 0 spiro atoms. The summed E-state index contributed by atoms with van der Waals surface area (Å²) in [6.07, 6.45) is -0.252. The molecule has 0 saturated heterocycles. The number of hydrogen-bond acceptors (Lipinski definition) is 5. The van der Waals surface area contributed by atoms with Crippen molar-refractivity contribution in [1.29, 1.82) is 0 Å². The number of pyridine rings is 1. The van der Waals surface area contributed by atoms with Gasteiger partial charge in [-0.1, -0.05) is 6.08 Å². The van der Waals surface area contributed by atoms with Gasteiger partial charge in [-0.05, 0) is 30.3 Å². The lowest BCUT2D eigenvalue weighted by molar-refractivity contribution is -0.132. The number of aliphatic imine (C=N–C) groups is 1. The highest BCUT2D eigenvalue weighted by Crippen LogP contribution is 2.43. The van der Waals surface area contributed by atoms with E-state index in [1.165, 1.54) is 19.5 Å². The number of methoxy groups -OCH3 is 1. The minimum atomic E-state index is -4.77. The molecule has 154 valence electrons. The van der Waals surface area contributed by atoms with E-state index in [0.29, 0.717) is 34.5 Å². The molecule has 7 nitrogen and oxygen atoms in total. The predicted octanol–water partition coefficient (Wildman–Crippen LogP) is 3.12. The third-order valence-electron chi connectivity index (χ3n) is 4.68. The highest BCUT2D eigenvalue weighted by atomic mass is 19.4. The second-order valence-corrected chi connectivity index (χ2v) is 6.53. The summed E-state index contributed by atoms with van der Waals surface area (Å²) in [7, 11) is 1.48. The highest BCUT2D eigenvalue weighted by molar-refractivity contribution is 6.14. The third-order valence-corrected chi connectivity index (χ3v) is 4.68.